The van der Waals surface area contributed by atoms with Gasteiger partial charge in [0.1, 0.15) is 0 Å². The molecule has 0 spiro atoms. The van der Waals surface area contributed by atoms with Gasteiger partial charge in [-0.25, -0.2) is 4.79 Å². The average Bonchev–Trinajstić information content (AvgIpc) is 3.02. The molecule has 0 aliphatic carbocycles. The molecule has 166 valence electrons. The third kappa shape index (κ3) is 4.13. The summed E-state index contributed by atoms with van der Waals surface area (Å²) in [6.45, 7) is 0.152. The minimum Gasteiger partial charge on any atom is -0.494 e. The van der Waals surface area contributed by atoms with Crippen molar-refractivity contribution in [2.45, 2.75) is 25.0 Å². The maximum atomic E-state index is 12.9. The van der Waals surface area contributed by atoms with Crippen molar-refractivity contribution in [3.05, 3.63) is 122 Å². The molecule has 1 aliphatic heterocycles. The van der Waals surface area contributed by atoms with Crippen LogP contribution < -0.4 is 21.9 Å². The fourth-order valence-corrected chi connectivity index (χ4v) is 4.36. The average molecular weight is 441 g/mol. The number of hydrogen-bond donors (Lipinski definition) is 4. The summed E-state index contributed by atoms with van der Waals surface area (Å²) in [6.07, 6.45) is 0.485. The smallest absolute Gasteiger partial charge is 0.331 e. The second-order valence-corrected chi connectivity index (χ2v) is 8.15. The van der Waals surface area contributed by atoms with Crippen molar-refractivity contribution in [2.24, 2.45) is 0 Å². The molecular weight excluding hydrogens is 416 g/mol. The standard InChI is InChI=1S/C26H24N4O3/c31-24-23(25(32)30(26(33)29-24)16-17-9-3-1-4-10-17)22-15-21(18-11-5-2-6-12-18)27-19-13-7-8-14-20(19)28-22/h1-14,21-22,27-28,32H,15-16H2,(H,29,31,33). The number of nitrogens with zero attached hydrogens (tertiary/aromatic N) is 1. The highest BCUT2D eigenvalue weighted by Gasteiger charge is 2.30. The van der Waals surface area contributed by atoms with Gasteiger partial charge in [-0.1, -0.05) is 72.8 Å². The summed E-state index contributed by atoms with van der Waals surface area (Å²) >= 11 is 0. The number of aromatic nitrogens is 2. The minimum absolute atomic E-state index is 0.111. The van der Waals surface area contributed by atoms with E-state index in [1.165, 1.54) is 4.57 Å². The summed E-state index contributed by atoms with van der Waals surface area (Å²) in [6, 6.07) is 26.4. The second-order valence-electron chi connectivity index (χ2n) is 8.15. The molecule has 0 amide bonds. The van der Waals surface area contributed by atoms with Crippen LogP contribution in [0.5, 0.6) is 5.88 Å². The number of aromatic hydroxyl groups is 1. The molecule has 33 heavy (non-hydrogen) atoms. The Morgan fingerprint density at radius 3 is 2.03 bits per heavy atom. The summed E-state index contributed by atoms with van der Waals surface area (Å²) in [7, 11) is 0. The van der Waals surface area contributed by atoms with Gasteiger partial charge in [-0.3, -0.25) is 14.3 Å². The van der Waals surface area contributed by atoms with Gasteiger partial charge in [-0.2, -0.15) is 0 Å². The van der Waals surface area contributed by atoms with Crippen LogP contribution in [0.1, 0.15) is 35.2 Å². The van der Waals surface area contributed by atoms with E-state index in [1.54, 1.807) is 0 Å². The molecule has 2 heterocycles. The minimum atomic E-state index is -0.642. The molecule has 0 saturated carbocycles. The third-order valence-corrected chi connectivity index (χ3v) is 6.00. The zero-order valence-electron chi connectivity index (χ0n) is 17.9. The van der Waals surface area contributed by atoms with E-state index in [-0.39, 0.29) is 24.0 Å². The number of benzene rings is 3. The number of para-hydroxylation sites is 2. The first-order chi connectivity index (χ1) is 16.1. The van der Waals surface area contributed by atoms with Crippen molar-refractivity contribution in [1.82, 2.24) is 9.55 Å². The van der Waals surface area contributed by atoms with Gasteiger partial charge in [0.15, 0.2) is 0 Å². The van der Waals surface area contributed by atoms with Crippen LogP contribution in [0.2, 0.25) is 0 Å². The number of anilines is 2. The molecule has 2 unspecified atom stereocenters. The van der Waals surface area contributed by atoms with Crippen LogP contribution in [0.25, 0.3) is 0 Å². The van der Waals surface area contributed by atoms with Crippen molar-refractivity contribution in [3.63, 3.8) is 0 Å². The summed E-state index contributed by atoms with van der Waals surface area (Å²) in [5.74, 6) is -0.323. The largest absolute Gasteiger partial charge is 0.494 e. The maximum absolute atomic E-state index is 12.9. The number of rotatable bonds is 4. The Kier molecular flexibility index (Phi) is 5.44. The van der Waals surface area contributed by atoms with Crippen LogP contribution in [-0.2, 0) is 6.54 Å². The summed E-state index contributed by atoms with van der Waals surface area (Å²) in [5.41, 5.74) is 2.54. The zero-order valence-corrected chi connectivity index (χ0v) is 17.9. The first kappa shape index (κ1) is 20.6. The van der Waals surface area contributed by atoms with E-state index in [0.717, 1.165) is 22.5 Å². The maximum Gasteiger partial charge on any atom is 0.331 e. The molecule has 0 radical (unpaired) electrons. The predicted molar refractivity (Wildman–Crippen MR) is 129 cm³/mol. The molecule has 4 N–H and O–H groups in total. The number of aromatic amines is 1. The first-order valence-corrected chi connectivity index (χ1v) is 10.9. The third-order valence-electron chi connectivity index (χ3n) is 6.00. The van der Waals surface area contributed by atoms with Crippen molar-refractivity contribution < 1.29 is 5.11 Å². The lowest BCUT2D eigenvalue weighted by Crippen LogP contribution is -2.35. The Hall–Kier alpha value is -4.26. The number of H-pyrrole nitrogens is 1. The van der Waals surface area contributed by atoms with Crippen molar-refractivity contribution in [1.29, 1.82) is 0 Å². The molecule has 5 rings (SSSR count). The van der Waals surface area contributed by atoms with Crippen molar-refractivity contribution in [2.75, 3.05) is 10.6 Å². The van der Waals surface area contributed by atoms with Gasteiger partial charge in [0.2, 0.25) is 5.88 Å². The molecule has 1 aliphatic rings. The highest BCUT2D eigenvalue weighted by Crippen LogP contribution is 2.39. The SMILES string of the molecule is O=c1[nH]c(=O)n(Cc2ccccc2)c(O)c1C1CC(c2ccccc2)Nc2ccccc2N1. The van der Waals surface area contributed by atoms with E-state index in [1.807, 2.05) is 84.9 Å². The van der Waals surface area contributed by atoms with Crippen LogP contribution in [0, 0.1) is 0 Å². The molecule has 0 bridgehead atoms. The Labute approximate surface area is 190 Å². The van der Waals surface area contributed by atoms with E-state index >= 15 is 0 Å². The van der Waals surface area contributed by atoms with Crippen LogP contribution in [0.15, 0.2) is 94.5 Å². The van der Waals surface area contributed by atoms with E-state index < -0.39 is 17.3 Å². The van der Waals surface area contributed by atoms with E-state index in [9.17, 15) is 14.7 Å². The summed E-state index contributed by atoms with van der Waals surface area (Å²) in [4.78, 5) is 27.9. The lowest BCUT2D eigenvalue weighted by atomic mass is 9.96. The zero-order chi connectivity index (χ0) is 22.8. The Morgan fingerprint density at radius 1 is 0.788 bits per heavy atom. The van der Waals surface area contributed by atoms with E-state index in [4.69, 9.17) is 0 Å². The predicted octanol–water partition coefficient (Wildman–Crippen LogP) is 4.00. The number of nitrogens with one attached hydrogen (secondary N) is 3. The van der Waals surface area contributed by atoms with E-state index in [2.05, 4.69) is 15.6 Å². The van der Waals surface area contributed by atoms with Gasteiger partial charge in [-0.15, -0.1) is 0 Å². The molecule has 0 saturated heterocycles. The first-order valence-electron chi connectivity index (χ1n) is 10.9. The fourth-order valence-electron chi connectivity index (χ4n) is 4.36. The lowest BCUT2D eigenvalue weighted by molar-refractivity contribution is 0.394. The molecule has 2 atom stereocenters. The van der Waals surface area contributed by atoms with Crippen molar-refractivity contribution >= 4 is 11.4 Å². The Morgan fingerprint density at radius 2 is 1.36 bits per heavy atom. The molecule has 7 nitrogen and oxygen atoms in total. The van der Waals surface area contributed by atoms with Crippen LogP contribution >= 0.6 is 0 Å². The topological polar surface area (TPSA) is 99.2 Å². The number of fused-ring (bicyclic) bond motifs is 1. The molecule has 3 aromatic carbocycles. The molecular formula is C26H24N4O3. The normalized spacial score (nSPS) is 17.3. The van der Waals surface area contributed by atoms with Gasteiger partial charge in [0.25, 0.3) is 5.56 Å². The highest BCUT2D eigenvalue weighted by molar-refractivity contribution is 5.71. The molecule has 4 aromatic rings. The summed E-state index contributed by atoms with van der Waals surface area (Å²) < 4.78 is 1.20. The van der Waals surface area contributed by atoms with Gasteiger partial charge in [0.05, 0.1) is 35.6 Å². The summed E-state index contributed by atoms with van der Waals surface area (Å²) in [5, 5.41) is 18.1. The van der Waals surface area contributed by atoms with Crippen LogP contribution in [-0.4, -0.2) is 14.7 Å². The monoisotopic (exact) mass is 440 g/mol. The van der Waals surface area contributed by atoms with Crippen LogP contribution in [0.3, 0.4) is 0 Å². The van der Waals surface area contributed by atoms with Gasteiger partial charge >= 0.3 is 5.69 Å². The Bertz CT molecular complexity index is 1380. The van der Waals surface area contributed by atoms with Gasteiger partial charge in [-0.05, 0) is 29.7 Å². The van der Waals surface area contributed by atoms with Gasteiger partial charge in [0, 0.05) is 0 Å². The molecule has 1 aromatic heterocycles. The molecule has 0 fully saturated rings. The second kappa shape index (κ2) is 8.70. The number of hydrogen-bond acceptors (Lipinski definition) is 5. The van der Waals surface area contributed by atoms with Crippen molar-refractivity contribution in [3.8, 4) is 5.88 Å². The fraction of sp³-hybridized carbons (Fsp3) is 0.154. The molecule has 7 heteroatoms. The highest BCUT2D eigenvalue weighted by atomic mass is 16.3. The van der Waals surface area contributed by atoms with Crippen LogP contribution in [0.4, 0.5) is 11.4 Å². The quantitative estimate of drug-likeness (QED) is 0.384. The lowest BCUT2D eigenvalue weighted by Gasteiger charge is -2.23. The van der Waals surface area contributed by atoms with Gasteiger partial charge < -0.3 is 15.7 Å². The van der Waals surface area contributed by atoms with E-state index in [0.29, 0.717) is 6.42 Å². The Balaban J connectivity index is 1.60.